The first kappa shape index (κ1) is 23.6. The van der Waals surface area contributed by atoms with Crippen molar-refractivity contribution in [2.24, 2.45) is 0 Å². The molecular weight excluding hydrogens is 412 g/mol. The van der Waals surface area contributed by atoms with Crippen molar-refractivity contribution >= 4 is 11.4 Å². The molecule has 4 aromatic rings. The highest BCUT2D eigenvalue weighted by Crippen LogP contribution is 2.24. The van der Waals surface area contributed by atoms with E-state index in [1.807, 2.05) is 0 Å². The van der Waals surface area contributed by atoms with E-state index in [-0.39, 0.29) is 0 Å². The third-order valence-electron chi connectivity index (χ3n) is 6.60. The number of anilines is 2. The van der Waals surface area contributed by atoms with Crippen LogP contribution in [0.5, 0.6) is 0 Å². The second-order valence-corrected chi connectivity index (χ2v) is 9.12. The van der Waals surface area contributed by atoms with Gasteiger partial charge in [0.1, 0.15) is 0 Å². The molecule has 0 unspecified atom stereocenters. The molecular formula is C32H36N2. The van der Waals surface area contributed by atoms with Gasteiger partial charge in [0.05, 0.1) is 0 Å². The lowest BCUT2D eigenvalue weighted by atomic mass is 10.0. The Balaban J connectivity index is 1.39. The normalized spacial score (nSPS) is 10.8. The topological polar surface area (TPSA) is 6.48 Å². The molecule has 34 heavy (non-hydrogen) atoms. The molecule has 0 N–H and O–H groups in total. The fraction of sp³-hybridized carbons (Fsp3) is 0.250. The molecule has 174 valence electrons. The summed E-state index contributed by atoms with van der Waals surface area (Å²) in [6.45, 7) is 9.36. The predicted octanol–water partition coefficient (Wildman–Crippen LogP) is 7.89. The second kappa shape index (κ2) is 11.1. The van der Waals surface area contributed by atoms with E-state index in [9.17, 15) is 0 Å². The van der Waals surface area contributed by atoms with Gasteiger partial charge in [-0.2, -0.15) is 0 Å². The SMILES string of the molecule is CCc1ccc(N(CC)Cc2ccc(-c3ccc(CN(C)c4ccc(C)cc4)cc3)cc2)cc1. The Morgan fingerprint density at radius 3 is 1.50 bits per heavy atom. The number of rotatable bonds is 9. The molecule has 0 spiro atoms. The Morgan fingerprint density at radius 1 is 0.529 bits per heavy atom. The summed E-state index contributed by atoms with van der Waals surface area (Å²) in [6, 6.07) is 35.6. The van der Waals surface area contributed by atoms with Crippen molar-refractivity contribution in [2.75, 3.05) is 23.4 Å². The molecule has 0 amide bonds. The minimum atomic E-state index is 0.897. The van der Waals surface area contributed by atoms with Crippen molar-refractivity contribution in [1.29, 1.82) is 0 Å². The fourth-order valence-corrected chi connectivity index (χ4v) is 4.32. The highest BCUT2D eigenvalue weighted by molar-refractivity contribution is 5.64. The van der Waals surface area contributed by atoms with E-state index < -0.39 is 0 Å². The number of aryl methyl sites for hydroxylation is 2. The lowest BCUT2D eigenvalue weighted by Crippen LogP contribution is -2.21. The third-order valence-corrected chi connectivity index (χ3v) is 6.60. The molecule has 0 heterocycles. The van der Waals surface area contributed by atoms with Crippen LogP contribution in [0.25, 0.3) is 11.1 Å². The van der Waals surface area contributed by atoms with Crippen molar-refractivity contribution in [2.45, 2.75) is 40.3 Å². The van der Waals surface area contributed by atoms with Gasteiger partial charge in [-0.15, -0.1) is 0 Å². The van der Waals surface area contributed by atoms with Crippen LogP contribution in [0.4, 0.5) is 11.4 Å². The maximum atomic E-state index is 2.42. The molecule has 0 aliphatic carbocycles. The average Bonchev–Trinajstić information content (AvgIpc) is 2.88. The number of hydrogen-bond donors (Lipinski definition) is 0. The summed E-state index contributed by atoms with van der Waals surface area (Å²) in [5.74, 6) is 0. The Bertz CT molecular complexity index is 1160. The lowest BCUT2D eigenvalue weighted by Gasteiger charge is -2.23. The number of benzene rings is 4. The highest BCUT2D eigenvalue weighted by Gasteiger charge is 2.07. The molecule has 0 bridgehead atoms. The van der Waals surface area contributed by atoms with Gasteiger partial charge < -0.3 is 9.80 Å². The second-order valence-electron chi connectivity index (χ2n) is 9.12. The van der Waals surface area contributed by atoms with Crippen LogP contribution >= 0.6 is 0 Å². The molecule has 0 aliphatic heterocycles. The third kappa shape index (κ3) is 5.88. The Morgan fingerprint density at radius 2 is 1.00 bits per heavy atom. The first-order valence-corrected chi connectivity index (χ1v) is 12.4. The summed E-state index contributed by atoms with van der Waals surface area (Å²) in [5.41, 5.74) is 10.4. The molecule has 0 fully saturated rings. The van der Waals surface area contributed by atoms with Crippen molar-refractivity contribution in [1.82, 2.24) is 0 Å². The molecule has 4 rings (SSSR count). The first-order chi connectivity index (χ1) is 16.6. The summed E-state index contributed by atoms with van der Waals surface area (Å²) in [4.78, 5) is 4.71. The summed E-state index contributed by atoms with van der Waals surface area (Å²) in [5, 5.41) is 0. The Kier molecular flexibility index (Phi) is 7.69. The van der Waals surface area contributed by atoms with E-state index in [0.29, 0.717) is 0 Å². The van der Waals surface area contributed by atoms with Gasteiger partial charge in [0.2, 0.25) is 0 Å². The zero-order chi connectivity index (χ0) is 23.9. The van der Waals surface area contributed by atoms with Crippen molar-refractivity contribution in [3.05, 3.63) is 119 Å². The van der Waals surface area contributed by atoms with Crippen LogP contribution in [0.1, 0.15) is 36.1 Å². The summed E-state index contributed by atoms with van der Waals surface area (Å²) in [7, 11) is 2.15. The van der Waals surface area contributed by atoms with Gasteiger partial charge in [-0.05, 0) is 72.4 Å². The van der Waals surface area contributed by atoms with Crippen LogP contribution in [-0.2, 0) is 19.5 Å². The molecule has 0 aliphatic rings. The quantitative estimate of drug-likeness (QED) is 0.257. The van der Waals surface area contributed by atoms with Gasteiger partial charge in [-0.25, -0.2) is 0 Å². The minimum Gasteiger partial charge on any atom is -0.370 e. The number of nitrogens with zero attached hydrogens (tertiary/aromatic N) is 2. The van der Waals surface area contributed by atoms with Crippen LogP contribution in [0, 0.1) is 6.92 Å². The number of hydrogen-bond acceptors (Lipinski definition) is 2. The molecule has 0 radical (unpaired) electrons. The van der Waals surface area contributed by atoms with Crippen LogP contribution in [0.3, 0.4) is 0 Å². The van der Waals surface area contributed by atoms with Crippen molar-refractivity contribution < 1.29 is 0 Å². The fourth-order valence-electron chi connectivity index (χ4n) is 4.32. The van der Waals surface area contributed by atoms with Crippen molar-refractivity contribution in [3.8, 4) is 11.1 Å². The Labute approximate surface area is 205 Å². The lowest BCUT2D eigenvalue weighted by molar-refractivity contribution is 0.831. The molecule has 0 aromatic heterocycles. The monoisotopic (exact) mass is 448 g/mol. The molecule has 0 atom stereocenters. The van der Waals surface area contributed by atoms with E-state index in [1.165, 1.54) is 44.8 Å². The maximum Gasteiger partial charge on any atom is 0.0429 e. The van der Waals surface area contributed by atoms with E-state index in [1.54, 1.807) is 0 Å². The zero-order valence-electron chi connectivity index (χ0n) is 21.0. The smallest absolute Gasteiger partial charge is 0.0429 e. The van der Waals surface area contributed by atoms with Crippen molar-refractivity contribution in [3.63, 3.8) is 0 Å². The van der Waals surface area contributed by atoms with E-state index in [0.717, 1.165) is 26.1 Å². The standard InChI is InChI=1S/C32H36N2/c1-5-26-13-21-32(22-14-26)34(6-2)24-28-11-17-30(18-12-28)29-15-9-27(10-16-29)23-33(4)31-19-7-25(3)8-20-31/h7-22H,5-6,23-24H2,1-4H3. The summed E-state index contributed by atoms with van der Waals surface area (Å²) in [6.07, 6.45) is 1.08. The van der Waals surface area contributed by atoms with Gasteiger partial charge in [-0.1, -0.05) is 85.3 Å². The average molecular weight is 449 g/mol. The predicted molar refractivity (Wildman–Crippen MR) is 148 cm³/mol. The molecule has 2 heteroatoms. The summed E-state index contributed by atoms with van der Waals surface area (Å²) < 4.78 is 0. The van der Waals surface area contributed by atoms with Gasteiger partial charge in [0.25, 0.3) is 0 Å². The van der Waals surface area contributed by atoms with Crippen LogP contribution in [0.15, 0.2) is 97.1 Å². The van der Waals surface area contributed by atoms with Gasteiger partial charge in [0, 0.05) is 38.1 Å². The minimum absolute atomic E-state index is 0.897. The first-order valence-electron chi connectivity index (χ1n) is 12.4. The molecule has 0 saturated heterocycles. The zero-order valence-corrected chi connectivity index (χ0v) is 21.0. The summed E-state index contributed by atoms with van der Waals surface area (Å²) >= 11 is 0. The maximum absolute atomic E-state index is 2.42. The van der Waals surface area contributed by atoms with E-state index in [4.69, 9.17) is 0 Å². The molecule has 2 nitrogen and oxygen atoms in total. The molecule has 0 saturated carbocycles. The van der Waals surface area contributed by atoms with Crippen LogP contribution < -0.4 is 9.80 Å². The highest BCUT2D eigenvalue weighted by atomic mass is 15.1. The Hall–Kier alpha value is -3.52. The van der Waals surface area contributed by atoms with Crippen LogP contribution in [0.2, 0.25) is 0 Å². The van der Waals surface area contributed by atoms with E-state index >= 15 is 0 Å². The van der Waals surface area contributed by atoms with Gasteiger partial charge in [0.15, 0.2) is 0 Å². The van der Waals surface area contributed by atoms with Crippen LogP contribution in [-0.4, -0.2) is 13.6 Å². The molecule has 4 aromatic carbocycles. The van der Waals surface area contributed by atoms with E-state index in [2.05, 4.69) is 135 Å². The largest absolute Gasteiger partial charge is 0.370 e. The van der Waals surface area contributed by atoms with Gasteiger partial charge >= 0.3 is 0 Å². The van der Waals surface area contributed by atoms with Gasteiger partial charge in [-0.3, -0.25) is 0 Å².